The molecule has 7 nitrogen and oxygen atoms in total. The Labute approximate surface area is 156 Å². The minimum Gasteiger partial charge on any atom is -0.335 e. The molecule has 0 radical (unpaired) electrons. The van der Waals surface area contributed by atoms with Crippen molar-refractivity contribution in [3.05, 3.63) is 45.9 Å². The lowest BCUT2D eigenvalue weighted by Gasteiger charge is -2.34. The third-order valence-corrected chi connectivity index (χ3v) is 6.07. The van der Waals surface area contributed by atoms with Gasteiger partial charge < -0.3 is 9.80 Å². The summed E-state index contributed by atoms with van der Waals surface area (Å²) < 4.78 is 23.5. The number of nitrogens with zero attached hydrogens (tertiary/aromatic N) is 3. The molecule has 0 saturated carbocycles. The van der Waals surface area contributed by atoms with Crippen LogP contribution in [0.2, 0.25) is 0 Å². The zero-order valence-corrected chi connectivity index (χ0v) is 16.1. The number of hydrogen-bond acceptors (Lipinski definition) is 6. The smallest absolute Gasteiger partial charge is 0.273 e. The lowest BCUT2D eigenvalue weighted by Crippen LogP contribution is -2.50. The molecular weight excluding hydrogens is 374 g/mol. The lowest BCUT2D eigenvalue weighted by molar-refractivity contribution is 0.0532. The van der Waals surface area contributed by atoms with Gasteiger partial charge in [-0.15, -0.1) is 11.3 Å². The molecule has 2 heterocycles. The molecule has 1 saturated heterocycles. The molecule has 0 atom stereocenters. The number of carbonyl (C=O) groups excluding carboxylic acids is 2. The van der Waals surface area contributed by atoms with Gasteiger partial charge in [0.05, 0.1) is 10.4 Å². The Morgan fingerprint density at radius 1 is 1.08 bits per heavy atom. The maximum atomic E-state index is 12.8. The summed E-state index contributed by atoms with van der Waals surface area (Å²) in [6.07, 6.45) is 1.12. The first-order valence-corrected chi connectivity index (χ1v) is 10.9. The van der Waals surface area contributed by atoms with E-state index in [1.165, 1.54) is 23.5 Å². The van der Waals surface area contributed by atoms with Gasteiger partial charge in [-0.25, -0.2) is 13.4 Å². The molecule has 1 aromatic carbocycles. The summed E-state index contributed by atoms with van der Waals surface area (Å²) in [5.41, 5.74) is 3.15. The molecule has 3 rings (SSSR count). The maximum absolute atomic E-state index is 12.8. The van der Waals surface area contributed by atoms with Gasteiger partial charge in [-0.3, -0.25) is 9.59 Å². The number of benzene rings is 1. The molecule has 0 spiro atoms. The highest BCUT2D eigenvalue weighted by molar-refractivity contribution is 7.90. The Morgan fingerprint density at radius 2 is 1.69 bits per heavy atom. The molecule has 1 fully saturated rings. The normalized spacial score (nSPS) is 15.2. The van der Waals surface area contributed by atoms with Gasteiger partial charge in [0.25, 0.3) is 11.8 Å². The largest absolute Gasteiger partial charge is 0.335 e. The van der Waals surface area contributed by atoms with Crippen LogP contribution in [-0.4, -0.2) is 67.5 Å². The van der Waals surface area contributed by atoms with Gasteiger partial charge in [0.1, 0.15) is 5.69 Å². The zero-order valence-electron chi connectivity index (χ0n) is 14.5. The van der Waals surface area contributed by atoms with E-state index in [0.29, 0.717) is 37.4 Å². The monoisotopic (exact) mass is 393 g/mol. The highest BCUT2D eigenvalue weighted by Crippen LogP contribution is 2.19. The second-order valence-electron chi connectivity index (χ2n) is 6.21. The Morgan fingerprint density at radius 3 is 2.23 bits per heavy atom. The molecule has 0 unspecified atom stereocenters. The summed E-state index contributed by atoms with van der Waals surface area (Å²) in [6.45, 7) is 3.43. The van der Waals surface area contributed by atoms with Crippen LogP contribution in [0.4, 0.5) is 0 Å². The van der Waals surface area contributed by atoms with Crippen LogP contribution in [0.5, 0.6) is 0 Å². The van der Waals surface area contributed by atoms with Crippen LogP contribution < -0.4 is 0 Å². The molecule has 2 aromatic rings. The molecule has 1 aromatic heterocycles. The van der Waals surface area contributed by atoms with Crippen LogP contribution in [0, 0.1) is 6.92 Å². The fraction of sp³-hybridized carbons (Fsp3) is 0.353. The van der Waals surface area contributed by atoms with Crippen molar-refractivity contribution in [1.29, 1.82) is 0 Å². The predicted octanol–water partition coefficient (Wildman–Crippen LogP) is 1.45. The third-order valence-electron chi connectivity index (χ3n) is 4.37. The van der Waals surface area contributed by atoms with Crippen LogP contribution in [0.3, 0.4) is 0 Å². The van der Waals surface area contributed by atoms with Gasteiger partial charge >= 0.3 is 0 Å². The van der Waals surface area contributed by atoms with Gasteiger partial charge in [0, 0.05) is 43.4 Å². The average Bonchev–Trinajstić information content (AvgIpc) is 3.14. The topological polar surface area (TPSA) is 87.7 Å². The number of sulfone groups is 1. The van der Waals surface area contributed by atoms with Gasteiger partial charge in [0.15, 0.2) is 9.84 Å². The second-order valence-corrected chi connectivity index (χ2v) is 8.94. The van der Waals surface area contributed by atoms with Gasteiger partial charge in [0.2, 0.25) is 0 Å². The first-order valence-electron chi connectivity index (χ1n) is 8.05. The number of aryl methyl sites for hydroxylation is 1. The van der Waals surface area contributed by atoms with Crippen molar-refractivity contribution in [2.24, 2.45) is 0 Å². The number of hydrogen-bond donors (Lipinski definition) is 0. The van der Waals surface area contributed by atoms with E-state index in [9.17, 15) is 18.0 Å². The van der Waals surface area contributed by atoms with Crippen molar-refractivity contribution in [1.82, 2.24) is 14.8 Å². The first-order chi connectivity index (χ1) is 12.3. The Bertz CT molecular complexity index is 931. The third kappa shape index (κ3) is 3.78. The average molecular weight is 393 g/mol. The summed E-state index contributed by atoms with van der Waals surface area (Å²) >= 11 is 1.37. The Kier molecular flexibility index (Phi) is 5.10. The molecule has 0 N–H and O–H groups in total. The quantitative estimate of drug-likeness (QED) is 0.788. The summed E-state index contributed by atoms with van der Waals surface area (Å²) in [5.74, 6) is -0.345. The van der Waals surface area contributed by atoms with Crippen LogP contribution >= 0.6 is 11.3 Å². The van der Waals surface area contributed by atoms with Crippen LogP contribution in [0.25, 0.3) is 0 Å². The number of aromatic nitrogens is 1. The van der Waals surface area contributed by atoms with E-state index in [1.54, 1.807) is 33.7 Å². The van der Waals surface area contributed by atoms with Crippen LogP contribution in [0.1, 0.15) is 26.4 Å². The first kappa shape index (κ1) is 18.5. The summed E-state index contributed by atoms with van der Waals surface area (Å²) in [7, 11) is -3.38. The molecule has 1 aliphatic heterocycles. The van der Waals surface area contributed by atoms with Crippen LogP contribution in [-0.2, 0) is 9.84 Å². The fourth-order valence-corrected chi connectivity index (χ4v) is 4.00. The maximum Gasteiger partial charge on any atom is 0.273 e. The number of rotatable bonds is 3. The van der Waals surface area contributed by atoms with E-state index in [0.717, 1.165) is 11.8 Å². The van der Waals surface area contributed by atoms with Crippen molar-refractivity contribution in [3.63, 3.8) is 0 Å². The predicted molar refractivity (Wildman–Crippen MR) is 98.2 cm³/mol. The highest BCUT2D eigenvalue weighted by atomic mass is 32.2. The molecule has 2 amide bonds. The number of piperazine rings is 1. The van der Waals surface area contributed by atoms with E-state index in [1.807, 2.05) is 0 Å². The summed E-state index contributed by atoms with van der Waals surface area (Å²) in [4.78, 5) is 32.6. The van der Waals surface area contributed by atoms with Gasteiger partial charge in [-0.1, -0.05) is 6.07 Å². The molecule has 0 aliphatic carbocycles. The van der Waals surface area contributed by atoms with E-state index in [-0.39, 0.29) is 16.7 Å². The molecule has 0 bridgehead atoms. The van der Waals surface area contributed by atoms with Gasteiger partial charge in [-0.2, -0.15) is 0 Å². The van der Waals surface area contributed by atoms with Crippen molar-refractivity contribution in [3.8, 4) is 0 Å². The summed E-state index contributed by atoms with van der Waals surface area (Å²) in [5, 5.41) is 1.71. The SMILES string of the molecule is Cc1ccc(S(C)(=O)=O)cc1C(=O)N1CCN(C(=O)c2cscn2)CC1. The zero-order chi connectivity index (χ0) is 18.9. The number of carbonyl (C=O) groups is 2. The van der Waals surface area contributed by atoms with Crippen LogP contribution in [0.15, 0.2) is 34.0 Å². The van der Waals surface area contributed by atoms with E-state index >= 15 is 0 Å². The van der Waals surface area contributed by atoms with Crippen molar-refractivity contribution in [2.75, 3.05) is 32.4 Å². The minimum atomic E-state index is -3.38. The second kappa shape index (κ2) is 7.16. The van der Waals surface area contributed by atoms with Crippen molar-refractivity contribution in [2.45, 2.75) is 11.8 Å². The number of amides is 2. The number of thiazole rings is 1. The fourth-order valence-electron chi connectivity index (χ4n) is 2.83. The molecule has 9 heteroatoms. The lowest BCUT2D eigenvalue weighted by atomic mass is 10.1. The molecular formula is C17H19N3O4S2. The van der Waals surface area contributed by atoms with Crippen molar-refractivity contribution >= 4 is 33.0 Å². The Balaban J connectivity index is 1.72. The molecule has 26 heavy (non-hydrogen) atoms. The van der Waals surface area contributed by atoms with E-state index < -0.39 is 9.84 Å². The van der Waals surface area contributed by atoms with E-state index in [4.69, 9.17) is 0 Å². The van der Waals surface area contributed by atoms with Gasteiger partial charge in [-0.05, 0) is 24.6 Å². The summed E-state index contributed by atoms with van der Waals surface area (Å²) in [6, 6.07) is 4.58. The van der Waals surface area contributed by atoms with Crippen molar-refractivity contribution < 1.29 is 18.0 Å². The standard InChI is InChI=1S/C17H19N3O4S2/c1-12-3-4-13(26(2,23)24)9-14(12)16(21)19-5-7-20(8-6-19)17(22)15-10-25-11-18-15/h3-4,9-11H,5-8H2,1-2H3. The molecule has 1 aliphatic rings. The minimum absolute atomic E-state index is 0.129. The molecule has 138 valence electrons. The Hall–Kier alpha value is -2.26. The van der Waals surface area contributed by atoms with E-state index in [2.05, 4.69) is 4.98 Å². The highest BCUT2D eigenvalue weighted by Gasteiger charge is 2.27.